The first-order valence-corrected chi connectivity index (χ1v) is 7.15. The minimum absolute atomic E-state index is 0.454. The number of hydrogen-bond acceptors (Lipinski definition) is 3. The van der Waals surface area contributed by atoms with Crippen LogP contribution in [-0.2, 0) is 9.47 Å². The number of rotatable bonds is 6. The van der Waals surface area contributed by atoms with Crippen molar-refractivity contribution in [2.24, 2.45) is 0 Å². The Morgan fingerprint density at radius 1 is 1.20 bits per heavy atom. The number of H-pyrrole nitrogens is 1. The fraction of sp³-hybridized carbons (Fsp3) is 0.357. The van der Waals surface area contributed by atoms with E-state index in [-0.39, 0.29) is 0 Å². The predicted molar refractivity (Wildman–Crippen MR) is 80.0 cm³/mol. The first kappa shape index (κ1) is 15.3. The average molecular weight is 315 g/mol. The Balaban J connectivity index is 2.30. The van der Waals surface area contributed by atoms with Crippen LogP contribution < -0.4 is 0 Å². The van der Waals surface area contributed by atoms with Crippen molar-refractivity contribution in [3.05, 3.63) is 40.0 Å². The summed E-state index contributed by atoms with van der Waals surface area (Å²) in [6.45, 7) is 4.93. The van der Waals surface area contributed by atoms with E-state index in [1.807, 2.05) is 32.0 Å². The Morgan fingerprint density at radius 2 is 1.90 bits per heavy atom. The minimum Gasteiger partial charge on any atom is -0.347 e. The maximum Gasteiger partial charge on any atom is 0.200 e. The van der Waals surface area contributed by atoms with E-state index in [1.165, 1.54) is 0 Å². The van der Waals surface area contributed by atoms with Gasteiger partial charge in [0.1, 0.15) is 0 Å². The summed E-state index contributed by atoms with van der Waals surface area (Å²) >= 11 is 12.2. The molecule has 0 saturated carbocycles. The summed E-state index contributed by atoms with van der Waals surface area (Å²) in [4.78, 5) is 0. The van der Waals surface area contributed by atoms with Gasteiger partial charge in [0.2, 0.25) is 0 Å². The fourth-order valence-corrected chi connectivity index (χ4v) is 2.22. The number of aromatic amines is 1. The van der Waals surface area contributed by atoms with Crippen molar-refractivity contribution >= 4 is 23.2 Å². The molecule has 6 heteroatoms. The SMILES string of the molecule is CCOC(OCC)c1cc(-c2cccc(Cl)c2Cl)n[nH]1. The van der Waals surface area contributed by atoms with Crippen molar-refractivity contribution in [2.45, 2.75) is 20.1 Å². The largest absolute Gasteiger partial charge is 0.347 e. The van der Waals surface area contributed by atoms with Crippen molar-refractivity contribution in [3.8, 4) is 11.3 Å². The van der Waals surface area contributed by atoms with Gasteiger partial charge in [0.25, 0.3) is 0 Å². The van der Waals surface area contributed by atoms with Crippen LogP contribution in [0.15, 0.2) is 24.3 Å². The predicted octanol–water partition coefficient (Wildman–Crippen LogP) is 4.46. The summed E-state index contributed by atoms with van der Waals surface area (Å²) in [6, 6.07) is 7.29. The topological polar surface area (TPSA) is 47.1 Å². The molecule has 0 unspecified atom stereocenters. The van der Waals surface area contributed by atoms with Gasteiger partial charge in [0, 0.05) is 18.8 Å². The third-order valence-corrected chi connectivity index (χ3v) is 3.53. The number of aromatic nitrogens is 2. The van der Waals surface area contributed by atoms with Crippen molar-refractivity contribution < 1.29 is 9.47 Å². The van der Waals surface area contributed by atoms with Crippen LogP contribution in [0, 0.1) is 0 Å². The van der Waals surface area contributed by atoms with Gasteiger partial charge in [-0.25, -0.2) is 0 Å². The second-order valence-corrected chi connectivity index (χ2v) is 4.84. The second-order valence-electron chi connectivity index (χ2n) is 4.05. The maximum atomic E-state index is 6.19. The van der Waals surface area contributed by atoms with Gasteiger partial charge in [-0.2, -0.15) is 5.10 Å². The molecule has 1 N–H and O–H groups in total. The zero-order valence-corrected chi connectivity index (χ0v) is 12.8. The normalized spacial score (nSPS) is 11.2. The zero-order valence-electron chi connectivity index (χ0n) is 11.3. The van der Waals surface area contributed by atoms with Crippen molar-refractivity contribution in [3.63, 3.8) is 0 Å². The molecule has 1 aromatic heterocycles. The van der Waals surface area contributed by atoms with Gasteiger partial charge in [-0.1, -0.05) is 35.3 Å². The molecule has 0 spiro atoms. The van der Waals surface area contributed by atoms with E-state index < -0.39 is 6.29 Å². The molecule has 0 radical (unpaired) electrons. The molecule has 0 saturated heterocycles. The molecule has 108 valence electrons. The Kier molecular flexibility index (Phi) is 5.43. The van der Waals surface area contributed by atoms with Crippen LogP contribution in [0.4, 0.5) is 0 Å². The molecule has 1 heterocycles. The summed E-state index contributed by atoms with van der Waals surface area (Å²) in [5.41, 5.74) is 2.23. The van der Waals surface area contributed by atoms with Gasteiger partial charge < -0.3 is 9.47 Å². The third-order valence-electron chi connectivity index (χ3n) is 2.72. The molecule has 0 aliphatic carbocycles. The molecule has 0 bridgehead atoms. The lowest BCUT2D eigenvalue weighted by molar-refractivity contribution is -0.142. The highest BCUT2D eigenvalue weighted by atomic mass is 35.5. The average Bonchev–Trinajstić information content (AvgIpc) is 2.91. The van der Waals surface area contributed by atoms with E-state index in [0.717, 1.165) is 11.3 Å². The van der Waals surface area contributed by atoms with Gasteiger partial charge in [0.05, 0.1) is 21.4 Å². The van der Waals surface area contributed by atoms with Crippen molar-refractivity contribution in [2.75, 3.05) is 13.2 Å². The number of benzene rings is 1. The lowest BCUT2D eigenvalue weighted by Crippen LogP contribution is -2.09. The van der Waals surface area contributed by atoms with Crippen LogP contribution >= 0.6 is 23.2 Å². The molecule has 2 aromatic rings. The molecule has 4 nitrogen and oxygen atoms in total. The number of hydrogen-bond donors (Lipinski definition) is 1. The monoisotopic (exact) mass is 314 g/mol. The van der Waals surface area contributed by atoms with Gasteiger partial charge in [-0.05, 0) is 26.0 Å². The Hall–Kier alpha value is -1.07. The van der Waals surface area contributed by atoms with Crippen LogP contribution in [0.1, 0.15) is 25.8 Å². The standard InChI is InChI=1S/C14H16Cl2N2O2/c1-3-19-14(20-4-2)12-8-11(17-18-12)9-6-5-7-10(15)13(9)16/h5-8,14H,3-4H2,1-2H3,(H,17,18). The highest BCUT2D eigenvalue weighted by Gasteiger charge is 2.17. The molecule has 0 aliphatic rings. The minimum atomic E-state index is -0.454. The van der Waals surface area contributed by atoms with Crippen LogP contribution in [0.25, 0.3) is 11.3 Å². The summed E-state index contributed by atoms with van der Waals surface area (Å²) in [6.07, 6.45) is -0.454. The Labute approximate surface area is 128 Å². The number of nitrogens with zero attached hydrogens (tertiary/aromatic N) is 1. The van der Waals surface area contributed by atoms with E-state index in [1.54, 1.807) is 6.07 Å². The maximum absolute atomic E-state index is 6.19. The zero-order chi connectivity index (χ0) is 14.5. The molecule has 0 atom stereocenters. The number of ether oxygens (including phenoxy) is 2. The molecule has 2 rings (SSSR count). The molecule has 0 amide bonds. The van der Waals surface area contributed by atoms with Crippen molar-refractivity contribution in [1.82, 2.24) is 10.2 Å². The molecule has 20 heavy (non-hydrogen) atoms. The van der Waals surface area contributed by atoms with Gasteiger partial charge >= 0.3 is 0 Å². The van der Waals surface area contributed by atoms with E-state index in [9.17, 15) is 0 Å². The highest BCUT2D eigenvalue weighted by Crippen LogP contribution is 2.33. The van der Waals surface area contributed by atoms with Crippen LogP contribution in [0.3, 0.4) is 0 Å². The fourth-order valence-electron chi connectivity index (χ4n) is 1.83. The van der Waals surface area contributed by atoms with Crippen LogP contribution in [-0.4, -0.2) is 23.4 Å². The molecular weight excluding hydrogens is 299 g/mol. The van der Waals surface area contributed by atoms with Crippen LogP contribution in [0.5, 0.6) is 0 Å². The molecule has 1 aromatic carbocycles. The van der Waals surface area contributed by atoms with Crippen molar-refractivity contribution in [1.29, 1.82) is 0 Å². The number of halogens is 2. The van der Waals surface area contributed by atoms with Gasteiger partial charge in [0.15, 0.2) is 6.29 Å². The van der Waals surface area contributed by atoms with E-state index >= 15 is 0 Å². The summed E-state index contributed by atoms with van der Waals surface area (Å²) in [7, 11) is 0. The lowest BCUT2D eigenvalue weighted by atomic mass is 10.1. The Morgan fingerprint density at radius 3 is 2.55 bits per heavy atom. The van der Waals surface area contributed by atoms with Gasteiger partial charge in [-0.15, -0.1) is 0 Å². The highest BCUT2D eigenvalue weighted by molar-refractivity contribution is 6.43. The van der Waals surface area contributed by atoms with E-state index in [2.05, 4.69) is 10.2 Å². The lowest BCUT2D eigenvalue weighted by Gasteiger charge is -2.14. The quantitative estimate of drug-likeness (QED) is 0.801. The first-order chi connectivity index (χ1) is 9.67. The smallest absolute Gasteiger partial charge is 0.200 e. The molecular formula is C14H16Cl2N2O2. The molecule has 0 aliphatic heterocycles. The summed E-state index contributed by atoms with van der Waals surface area (Å²) < 4.78 is 11.0. The van der Waals surface area contributed by atoms with Gasteiger partial charge in [-0.3, -0.25) is 5.10 Å². The first-order valence-electron chi connectivity index (χ1n) is 6.40. The summed E-state index contributed by atoms with van der Waals surface area (Å²) in [5.74, 6) is 0. The third kappa shape index (κ3) is 3.33. The van der Waals surface area contributed by atoms with E-state index in [0.29, 0.717) is 29.0 Å². The van der Waals surface area contributed by atoms with E-state index in [4.69, 9.17) is 32.7 Å². The number of nitrogens with one attached hydrogen (secondary N) is 1. The molecule has 0 fully saturated rings. The Bertz CT molecular complexity index is 566. The van der Waals surface area contributed by atoms with Crippen LogP contribution in [0.2, 0.25) is 10.0 Å². The second kappa shape index (κ2) is 7.09. The summed E-state index contributed by atoms with van der Waals surface area (Å²) in [5, 5.41) is 8.15.